The maximum Gasteiger partial charge on any atom is 0.310 e. The largest absolute Gasteiger partial charge is 0.474 e. The van der Waals surface area contributed by atoms with Gasteiger partial charge in [0.15, 0.2) is 11.9 Å². The van der Waals surface area contributed by atoms with E-state index in [0.29, 0.717) is 0 Å². The summed E-state index contributed by atoms with van der Waals surface area (Å²) in [6, 6.07) is 9.74. The Labute approximate surface area is 136 Å². The second-order valence-corrected chi connectivity index (χ2v) is 5.99. The molecule has 7 nitrogen and oxygen atoms in total. The van der Waals surface area contributed by atoms with Crippen LogP contribution in [0.3, 0.4) is 0 Å². The first-order valence-electron chi connectivity index (χ1n) is 6.77. The van der Waals surface area contributed by atoms with Crippen molar-refractivity contribution in [2.75, 3.05) is 0 Å². The Kier molecular flexibility index (Phi) is 5.42. The van der Waals surface area contributed by atoms with Crippen molar-refractivity contribution in [3.8, 4) is 5.75 Å². The predicted octanol–water partition coefficient (Wildman–Crippen LogP) is 2.88. The normalized spacial score (nSPS) is 12.1. The quantitative estimate of drug-likeness (QED) is 0.499. The number of aryl methyl sites for hydroxylation is 1. The number of amides is 1. The first-order chi connectivity index (χ1) is 11.0. The van der Waals surface area contributed by atoms with Gasteiger partial charge < -0.3 is 4.74 Å². The van der Waals surface area contributed by atoms with E-state index in [9.17, 15) is 14.9 Å². The lowest BCUT2D eigenvalue weighted by molar-refractivity contribution is -0.386. The number of nitro groups is 1. The van der Waals surface area contributed by atoms with Crippen molar-refractivity contribution in [1.29, 1.82) is 0 Å². The fourth-order valence-electron chi connectivity index (χ4n) is 1.72. The molecule has 0 radical (unpaired) electrons. The van der Waals surface area contributed by atoms with Crippen molar-refractivity contribution in [3.63, 3.8) is 0 Å². The van der Waals surface area contributed by atoms with Crippen molar-refractivity contribution >= 4 is 29.1 Å². The van der Waals surface area contributed by atoms with Crippen LogP contribution >= 0.6 is 11.3 Å². The minimum Gasteiger partial charge on any atom is -0.474 e. The number of benzene rings is 1. The molecule has 0 saturated carbocycles. The molecular weight excluding hydrogens is 318 g/mol. The average Bonchev–Trinajstić information content (AvgIpc) is 2.93. The zero-order valence-corrected chi connectivity index (χ0v) is 13.4. The lowest BCUT2D eigenvalue weighted by Crippen LogP contribution is -2.33. The van der Waals surface area contributed by atoms with E-state index >= 15 is 0 Å². The van der Waals surface area contributed by atoms with Crippen molar-refractivity contribution in [2.45, 2.75) is 20.0 Å². The van der Waals surface area contributed by atoms with Crippen LogP contribution in [0.5, 0.6) is 5.75 Å². The topological polar surface area (TPSA) is 93.8 Å². The van der Waals surface area contributed by atoms with Crippen LogP contribution in [-0.4, -0.2) is 23.1 Å². The molecule has 8 heteroatoms. The number of hydrazone groups is 1. The number of nitrogens with one attached hydrogen (secondary N) is 1. The maximum atomic E-state index is 11.9. The first-order valence-corrected chi connectivity index (χ1v) is 7.58. The molecule has 1 heterocycles. The number of hydrogen-bond acceptors (Lipinski definition) is 6. The Morgan fingerprint density at radius 1 is 1.39 bits per heavy atom. The van der Waals surface area contributed by atoms with Crippen LogP contribution in [0.1, 0.15) is 16.7 Å². The third kappa shape index (κ3) is 4.62. The summed E-state index contributed by atoms with van der Waals surface area (Å²) in [5.74, 6) is -0.453. The maximum absolute atomic E-state index is 11.9. The summed E-state index contributed by atoms with van der Waals surface area (Å²) in [5.41, 5.74) is 2.16. The molecule has 120 valence electrons. The lowest BCUT2D eigenvalue weighted by Gasteiger charge is -2.12. The van der Waals surface area contributed by atoms with Gasteiger partial charge in [0.1, 0.15) is 0 Å². The van der Waals surface area contributed by atoms with E-state index in [1.165, 1.54) is 31.3 Å². The van der Waals surface area contributed by atoms with Crippen LogP contribution < -0.4 is 10.2 Å². The zero-order valence-electron chi connectivity index (χ0n) is 12.6. The third-order valence-electron chi connectivity index (χ3n) is 2.86. The molecule has 2 aromatic rings. The summed E-state index contributed by atoms with van der Waals surface area (Å²) in [5, 5.41) is 14.8. The van der Waals surface area contributed by atoms with Crippen LogP contribution in [0.15, 0.2) is 41.5 Å². The van der Waals surface area contributed by atoms with Gasteiger partial charge in [0.25, 0.3) is 5.91 Å². The van der Waals surface area contributed by atoms with Crippen molar-refractivity contribution in [1.82, 2.24) is 5.43 Å². The molecule has 0 aliphatic rings. The molecule has 1 amide bonds. The molecular formula is C15H15N3O4S. The molecule has 0 spiro atoms. The monoisotopic (exact) mass is 333 g/mol. The van der Waals surface area contributed by atoms with Crippen molar-refractivity contribution in [2.24, 2.45) is 5.10 Å². The van der Waals surface area contributed by atoms with E-state index in [1.54, 1.807) is 17.4 Å². The Bertz CT molecular complexity index is 742. The Morgan fingerprint density at radius 2 is 2.13 bits per heavy atom. The average molecular weight is 333 g/mol. The smallest absolute Gasteiger partial charge is 0.310 e. The van der Waals surface area contributed by atoms with Gasteiger partial charge >= 0.3 is 5.69 Å². The van der Waals surface area contributed by atoms with Gasteiger partial charge in [-0.2, -0.15) is 5.10 Å². The van der Waals surface area contributed by atoms with E-state index in [0.717, 1.165) is 9.75 Å². The van der Waals surface area contributed by atoms with E-state index in [4.69, 9.17) is 4.74 Å². The number of nitro benzene ring substituents is 1. The summed E-state index contributed by atoms with van der Waals surface area (Å²) in [6.45, 7) is 3.47. The van der Waals surface area contributed by atoms with Crippen LogP contribution in [0.4, 0.5) is 5.69 Å². The number of thiophene rings is 1. The zero-order chi connectivity index (χ0) is 16.8. The van der Waals surface area contributed by atoms with Gasteiger partial charge in [-0.25, -0.2) is 5.43 Å². The second-order valence-electron chi connectivity index (χ2n) is 4.67. The highest BCUT2D eigenvalue weighted by Crippen LogP contribution is 2.26. The van der Waals surface area contributed by atoms with Gasteiger partial charge in [-0.1, -0.05) is 12.1 Å². The molecule has 1 atom stereocenters. The van der Waals surface area contributed by atoms with Gasteiger partial charge in [0, 0.05) is 15.8 Å². The molecule has 1 aromatic carbocycles. The number of para-hydroxylation sites is 2. The van der Waals surface area contributed by atoms with Gasteiger partial charge in [0.05, 0.1) is 11.1 Å². The molecule has 0 aliphatic carbocycles. The molecule has 1 aromatic heterocycles. The molecule has 0 fully saturated rings. The van der Waals surface area contributed by atoms with Crippen LogP contribution in [0, 0.1) is 17.0 Å². The molecule has 23 heavy (non-hydrogen) atoms. The van der Waals surface area contributed by atoms with E-state index in [-0.39, 0.29) is 11.4 Å². The van der Waals surface area contributed by atoms with Crippen LogP contribution in [-0.2, 0) is 4.79 Å². The summed E-state index contributed by atoms with van der Waals surface area (Å²) < 4.78 is 5.35. The van der Waals surface area contributed by atoms with E-state index < -0.39 is 16.9 Å². The minimum absolute atomic E-state index is 0.0398. The van der Waals surface area contributed by atoms with E-state index in [1.807, 2.05) is 19.1 Å². The summed E-state index contributed by atoms with van der Waals surface area (Å²) >= 11 is 1.55. The third-order valence-corrected chi connectivity index (χ3v) is 3.80. The lowest BCUT2D eigenvalue weighted by atomic mass is 10.3. The number of rotatable bonds is 6. The minimum atomic E-state index is -0.918. The number of ether oxygens (including phenoxy) is 1. The fourth-order valence-corrected chi connectivity index (χ4v) is 2.47. The number of hydrogen-bond donors (Lipinski definition) is 1. The summed E-state index contributed by atoms with van der Waals surface area (Å²) in [4.78, 5) is 24.3. The predicted molar refractivity (Wildman–Crippen MR) is 88.0 cm³/mol. The highest BCUT2D eigenvalue weighted by Gasteiger charge is 2.20. The summed E-state index contributed by atoms with van der Waals surface area (Å²) in [7, 11) is 0. The molecule has 2 rings (SSSR count). The Hall–Kier alpha value is -2.74. The number of carbonyl (C=O) groups excluding carboxylic acids is 1. The van der Waals surface area contributed by atoms with Gasteiger partial charge in [-0.3, -0.25) is 14.9 Å². The van der Waals surface area contributed by atoms with Crippen LogP contribution in [0.2, 0.25) is 0 Å². The molecule has 1 N–H and O–H groups in total. The Balaban J connectivity index is 1.95. The first kappa shape index (κ1) is 16.6. The second kappa shape index (κ2) is 7.50. The summed E-state index contributed by atoms with van der Waals surface area (Å²) in [6.07, 6.45) is 0.617. The van der Waals surface area contributed by atoms with E-state index in [2.05, 4.69) is 10.5 Å². The highest BCUT2D eigenvalue weighted by molar-refractivity contribution is 7.13. The molecule has 0 saturated heterocycles. The standard InChI is InChI=1S/C15H15N3O4S/c1-10-7-8-12(23-10)9-16-17-15(19)11(2)22-14-6-4-3-5-13(14)18(20)21/h3-9,11H,1-2H3,(H,17,19)/t11-/m0/s1. The SMILES string of the molecule is Cc1ccc(C=NNC(=O)[C@H](C)Oc2ccccc2[N+](=O)[O-])s1. The van der Waals surface area contributed by atoms with Crippen LogP contribution in [0.25, 0.3) is 0 Å². The fraction of sp³-hybridized carbons (Fsp3) is 0.200. The van der Waals surface area contributed by atoms with Gasteiger partial charge in [0.2, 0.25) is 0 Å². The number of nitrogens with zero attached hydrogens (tertiary/aromatic N) is 2. The number of carbonyl (C=O) groups is 1. The molecule has 0 aliphatic heterocycles. The van der Waals surface area contributed by atoms with Gasteiger partial charge in [-0.05, 0) is 32.0 Å². The highest BCUT2D eigenvalue weighted by atomic mass is 32.1. The van der Waals surface area contributed by atoms with Crippen molar-refractivity contribution < 1.29 is 14.5 Å². The van der Waals surface area contributed by atoms with Crippen molar-refractivity contribution in [3.05, 3.63) is 56.3 Å². The molecule has 0 unspecified atom stereocenters. The Morgan fingerprint density at radius 3 is 2.78 bits per heavy atom. The molecule has 0 bridgehead atoms. The van der Waals surface area contributed by atoms with Gasteiger partial charge in [-0.15, -0.1) is 11.3 Å².